The predicted molar refractivity (Wildman–Crippen MR) is 134 cm³/mol. The first-order valence-electron chi connectivity index (χ1n) is 10.4. The number of halogens is 1. The molecule has 1 unspecified atom stereocenters. The van der Waals surface area contributed by atoms with Crippen LogP contribution in [0.4, 0.5) is 11.4 Å². The fourth-order valence-electron chi connectivity index (χ4n) is 3.41. The van der Waals surface area contributed by atoms with Crippen molar-refractivity contribution in [3.05, 3.63) is 76.1 Å². The molecule has 1 fully saturated rings. The molecule has 172 valence electrons. The molecule has 34 heavy (non-hydrogen) atoms. The summed E-state index contributed by atoms with van der Waals surface area (Å²) in [5, 5.41) is 7.23. The molecule has 7 nitrogen and oxygen atoms in total. The maximum Gasteiger partial charge on any atom is 0.243 e. The van der Waals surface area contributed by atoms with Crippen LogP contribution >= 0.6 is 23.4 Å². The number of amidine groups is 1. The van der Waals surface area contributed by atoms with Crippen molar-refractivity contribution in [2.75, 3.05) is 5.32 Å². The molecule has 1 atom stereocenters. The minimum atomic E-state index is -0.637. The van der Waals surface area contributed by atoms with Crippen LogP contribution in [0.25, 0.3) is 0 Å². The Bertz CT molecular complexity index is 1330. The van der Waals surface area contributed by atoms with Crippen LogP contribution < -0.4 is 5.32 Å². The number of terminal acetylenes is 1. The van der Waals surface area contributed by atoms with Gasteiger partial charge in [0.15, 0.2) is 5.17 Å². The molecule has 0 spiro atoms. The highest BCUT2D eigenvalue weighted by Gasteiger charge is 2.39. The van der Waals surface area contributed by atoms with E-state index >= 15 is 0 Å². The maximum atomic E-state index is 13.3. The Labute approximate surface area is 206 Å². The summed E-state index contributed by atoms with van der Waals surface area (Å²) in [7, 11) is 0. The number of anilines is 1. The number of benzene rings is 2. The number of hydrogen-bond acceptors (Lipinski definition) is 6. The molecule has 1 aromatic heterocycles. The standard InChI is InChI=1S/C25H21ClN4O3S/c1-4-17-7-5-8-18(12-17)27-25-30(14-19-11-15(2)33-29-19)24(32)22(34-25)13-23(31)28-21-10-6-9-20(26)16(21)3/h1,5-12,22H,13-14H2,2-3H3,(H,28,31). The number of hydrogen-bond donors (Lipinski definition) is 1. The van der Waals surface area contributed by atoms with Gasteiger partial charge in [-0.2, -0.15) is 0 Å². The van der Waals surface area contributed by atoms with Gasteiger partial charge in [-0.3, -0.25) is 14.5 Å². The Hall–Kier alpha value is -3.54. The van der Waals surface area contributed by atoms with E-state index in [0.717, 1.165) is 5.56 Å². The summed E-state index contributed by atoms with van der Waals surface area (Å²) in [4.78, 5) is 32.2. The second-order valence-corrected chi connectivity index (χ2v) is 9.29. The maximum absolute atomic E-state index is 13.3. The van der Waals surface area contributed by atoms with Crippen molar-refractivity contribution in [2.45, 2.75) is 32.1 Å². The van der Waals surface area contributed by atoms with Gasteiger partial charge in [-0.1, -0.05) is 46.6 Å². The fraction of sp³-hybridized carbons (Fsp3) is 0.200. The monoisotopic (exact) mass is 492 g/mol. The molecular formula is C25H21ClN4O3S. The lowest BCUT2D eigenvalue weighted by Gasteiger charge is -2.15. The highest BCUT2D eigenvalue weighted by Crippen LogP contribution is 2.33. The molecule has 3 aromatic rings. The Morgan fingerprint density at radius 3 is 2.82 bits per heavy atom. The molecule has 4 rings (SSSR count). The van der Waals surface area contributed by atoms with E-state index in [2.05, 4.69) is 21.4 Å². The summed E-state index contributed by atoms with van der Waals surface area (Å²) < 4.78 is 5.14. The molecule has 2 aromatic carbocycles. The molecule has 9 heteroatoms. The molecular weight excluding hydrogens is 472 g/mol. The van der Waals surface area contributed by atoms with Crippen LogP contribution in [0.3, 0.4) is 0 Å². The van der Waals surface area contributed by atoms with Crippen LogP contribution in [0.2, 0.25) is 5.02 Å². The van der Waals surface area contributed by atoms with Gasteiger partial charge in [-0.15, -0.1) is 6.42 Å². The number of rotatable bonds is 6. The number of amides is 2. The molecule has 1 saturated heterocycles. The first-order chi connectivity index (χ1) is 16.3. The first kappa shape index (κ1) is 23.6. The zero-order valence-electron chi connectivity index (χ0n) is 18.5. The van der Waals surface area contributed by atoms with Crippen molar-refractivity contribution in [3.8, 4) is 12.3 Å². The van der Waals surface area contributed by atoms with Crippen LogP contribution in [0.1, 0.15) is 29.0 Å². The molecule has 1 aliphatic rings. The lowest BCUT2D eigenvalue weighted by Crippen LogP contribution is -2.33. The van der Waals surface area contributed by atoms with E-state index in [9.17, 15) is 9.59 Å². The Kier molecular flexibility index (Phi) is 7.06. The first-order valence-corrected chi connectivity index (χ1v) is 11.7. The number of aryl methyl sites for hydroxylation is 1. The van der Waals surface area contributed by atoms with Crippen LogP contribution in [0, 0.1) is 26.2 Å². The van der Waals surface area contributed by atoms with Crippen LogP contribution in [0.15, 0.2) is 58.0 Å². The van der Waals surface area contributed by atoms with Crippen LogP contribution in [0.5, 0.6) is 0 Å². The summed E-state index contributed by atoms with van der Waals surface area (Å²) in [6, 6.07) is 14.2. The van der Waals surface area contributed by atoms with E-state index in [1.165, 1.54) is 16.7 Å². The van der Waals surface area contributed by atoms with Gasteiger partial charge in [0, 0.05) is 28.8 Å². The Balaban J connectivity index is 1.57. The predicted octanol–water partition coefficient (Wildman–Crippen LogP) is 5.09. The normalized spacial score (nSPS) is 16.6. The van der Waals surface area contributed by atoms with E-state index in [1.807, 2.05) is 6.92 Å². The number of carbonyl (C=O) groups is 2. The highest BCUT2D eigenvalue weighted by molar-refractivity contribution is 8.15. The van der Waals surface area contributed by atoms with Crippen molar-refractivity contribution in [2.24, 2.45) is 4.99 Å². The number of thioether (sulfide) groups is 1. The Morgan fingerprint density at radius 1 is 1.29 bits per heavy atom. The lowest BCUT2D eigenvalue weighted by atomic mass is 10.2. The van der Waals surface area contributed by atoms with Crippen molar-refractivity contribution in [1.82, 2.24) is 10.1 Å². The van der Waals surface area contributed by atoms with E-state index in [4.69, 9.17) is 22.5 Å². The highest BCUT2D eigenvalue weighted by atomic mass is 35.5. The third-order valence-corrected chi connectivity index (χ3v) is 6.75. The zero-order valence-corrected chi connectivity index (χ0v) is 20.1. The number of nitrogens with one attached hydrogen (secondary N) is 1. The van der Waals surface area contributed by atoms with Crippen LogP contribution in [-0.4, -0.2) is 32.3 Å². The molecule has 0 aliphatic carbocycles. The van der Waals surface area contributed by atoms with Crippen molar-refractivity contribution in [1.29, 1.82) is 0 Å². The second kappa shape index (κ2) is 10.2. The number of carbonyl (C=O) groups excluding carboxylic acids is 2. The number of nitrogens with zero attached hydrogens (tertiary/aromatic N) is 3. The molecule has 2 heterocycles. The minimum Gasteiger partial charge on any atom is -0.361 e. The second-order valence-electron chi connectivity index (χ2n) is 7.71. The van der Waals surface area contributed by atoms with Gasteiger partial charge in [0.05, 0.1) is 12.2 Å². The van der Waals surface area contributed by atoms with Gasteiger partial charge in [0.2, 0.25) is 11.8 Å². The summed E-state index contributed by atoms with van der Waals surface area (Å²) in [5.41, 5.74) is 3.27. The smallest absolute Gasteiger partial charge is 0.243 e. The summed E-state index contributed by atoms with van der Waals surface area (Å²) in [5.74, 6) is 2.71. The van der Waals surface area contributed by atoms with Crippen LogP contribution in [-0.2, 0) is 16.1 Å². The number of aliphatic imine (C=N–C) groups is 1. The van der Waals surface area contributed by atoms with Gasteiger partial charge in [0.25, 0.3) is 0 Å². The quantitative estimate of drug-likeness (QED) is 0.484. The molecule has 2 amide bonds. The van der Waals surface area contributed by atoms with E-state index in [0.29, 0.717) is 38.6 Å². The van der Waals surface area contributed by atoms with Crippen molar-refractivity contribution >= 4 is 51.7 Å². The van der Waals surface area contributed by atoms with Gasteiger partial charge in [-0.05, 0) is 49.7 Å². The molecule has 0 radical (unpaired) electrons. The van der Waals surface area contributed by atoms with Crippen molar-refractivity contribution in [3.63, 3.8) is 0 Å². The summed E-state index contributed by atoms with van der Waals surface area (Å²) >= 11 is 7.39. The molecule has 1 aliphatic heterocycles. The van der Waals surface area contributed by atoms with Gasteiger partial charge in [0.1, 0.15) is 16.7 Å². The average molecular weight is 493 g/mol. The average Bonchev–Trinajstić information content (AvgIpc) is 3.35. The van der Waals surface area contributed by atoms with Crippen molar-refractivity contribution < 1.29 is 14.1 Å². The lowest BCUT2D eigenvalue weighted by molar-refractivity contribution is -0.128. The summed E-state index contributed by atoms with van der Waals surface area (Å²) in [6.45, 7) is 3.79. The van der Waals surface area contributed by atoms with Gasteiger partial charge in [-0.25, -0.2) is 4.99 Å². The van der Waals surface area contributed by atoms with E-state index in [-0.39, 0.29) is 24.8 Å². The molecule has 0 bridgehead atoms. The third kappa shape index (κ3) is 5.33. The third-order valence-electron chi connectivity index (χ3n) is 5.17. The molecule has 0 saturated carbocycles. The van der Waals surface area contributed by atoms with Gasteiger partial charge < -0.3 is 9.84 Å². The molecule has 1 N–H and O–H groups in total. The fourth-order valence-corrected chi connectivity index (χ4v) is 4.74. The minimum absolute atomic E-state index is 0.0206. The SMILES string of the molecule is C#Cc1cccc(N=C2SC(CC(=O)Nc3cccc(Cl)c3C)C(=O)N2Cc2cc(C)on2)c1. The Morgan fingerprint density at radius 2 is 2.09 bits per heavy atom. The zero-order chi connectivity index (χ0) is 24.2. The summed E-state index contributed by atoms with van der Waals surface area (Å²) in [6.07, 6.45) is 5.48. The van der Waals surface area contributed by atoms with E-state index < -0.39 is 5.25 Å². The van der Waals surface area contributed by atoms with E-state index in [1.54, 1.807) is 55.5 Å². The largest absolute Gasteiger partial charge is 0.361 e. The topological polar surface area (TPSA) is 87.8 Å². The van der Waals surface area contributed by atoms with Gasteiger partial charge >= 0.3 is 0 Å². The number of aromatic nitrogens is 1.